The largest absolute Gasteiger partial charge is 0.486 e. The zero-order chi connectivity index (χ0) is 25.6. The van der Waals surface area contributed by atoms with E-state index < -0.39 is 0 Å². The lowest BCUT2D eigenvalue weighted by Gasteiger charge is -2.36. The molecule has 1 N–H and O–H groups in total. The van der Waals surface area contributed by atoms with E-state index in [9.17, 15) is 4.79 Å². The van der Waals surface area contributed by atoms with Crippen LogP contribution in [0.5, 0.6) is 5.75 Å². The standard InChI is InChI=1S/C32H34N2O3/c1-23(28-11-7-9-25-8-3-4-10-29(25)28)33-21-20-27-22-34(30-12-5-6-13-31(30)37-27)26-17-14-24(15-18-26)16-19-32(35)36-2/h3-15,17-18,23,27,33H,16,19-22H2,1-2H3/t23-,27?/m1/s1. The van der Waals surface area contributed by atoms with Crippen molar-refractivity contribution in [3.05, 3.63) is 102 Å². The molecule has 0 aromatic heterocycles. The zero-order valence-corrected chi connectivity index (χ0v) is 21.5. The van der Waals surface area contributed by atoms with Crippen LogP contribution >= 0.6 is 0 Å². The molecule has 190 valence electrons. The molecule has 1 unspecified atom stereocenters. The molecule has 5 heteroatoms. The van der Waals surface area contributed by atoms with Gasteiger partial charge in [-0.05, 0) is 72.5 Å². The van der Waals surface area contributed by atoms with E-state index in [0.29, 0.717) is 12.8 Å². The molecule has 2 atom stereocenters. The summed E-state index contributed by atoms with van der Waals surface area (Å²) in [6.45, 7) is 3.87. The van der Waals surface area contributed by atoms with Gasteiger partial charge in [0.25, 0.3) is 0 Å². The van der Waals surface area contributed by atoms with Crippen LogP contribution in [0.1, 0.15) is 36.9 Å². The number of carbonyl (C=O) groups is 1. The van der Waals surface area contributed by atoms with Crippen molar-refractivity contribution < 1.29 is 14.3 Å². The van der Waals surface area contributed by atoms with Crippen molar-refractivity contribution in [3.63, 3.8) is 0 Å². The van der Waals surface area contributed by atoms with Crippen LogP contribution in [0.25, 0.3) is 10.8 Å². The summed E-state index contributed by atoms with van der Waals surface area (Å²) in [4.78, 5) is 13.8. The minimum absolute atomic E-state index is 0.0705. The third-order valence-electron chi connectivity index (χ3n) is 7.14. The summed E-state index contributed by atoms with van der Waals surface area (Å²) < 4.78 is 11.2. The summed E-state index contributed by atoms with van der Waals surface area (Å²) in [6.07, 6.45) is 2.04. The van der Waals surface area contributed by atoms with Crippen LogP contribution in [-0.2, 0) is 16.0 Å². The molecule has 1 aliphatic heterocycles. The normalized spacial score (nSPS) is 15.6. The maximum absolute atomic E-state index is 11.5. The molecule has 0 amide bonds. The SMILES string of the molecule is COC(=O)CCc1ccc(N2CC(CCN[C@H](C)c3cccc4ccccc34)Oc3ccccc32)cc1. The summed E-state index contributed by atoms with van der Waals surface area (Å²) in [5.74, 6) is 0.730. The molecule has 0 bridgehead atoms. The quantitative estimate of drug-likeness (QED) is 0.266. The molecule has 5 nitrogen and oxygen atoms in total. The molecule has 0 radical (unpaired) electrons. The number of anilines is 2. The Hall–Kier alpha value is -3.83. The topological polar surface area (TPSA) is 50.8 Å². The summed E-state index contributed by atoms with van der Waals surface area (Å²) in [5, 5.41) is 6.29. The summed E-state index contributed by atoms with van der Waals surface area (Å²) >= 11 is 0. The first-order chi connectivity index (χ1) is 18.1. The van der Waals surface area contributed by atoms with Crippen molar-refractivity contribution in [2.75, 3.05) is 25.1 Å². The third-order valence-corrected chi connectivity index (χ3v) is 7.14. The highest BCUT2D eigenvalue weighted by Gasteiger charge is 2.26. The first-order valence-corrected chi connectivity index (χ1v) is 13.0. The number of esters is 1. The van der Waals surface area contributed by atoms with Crippen LogP contribution in [0.15, 0.2) is 91.0 Å². The highest BCUT2D eigenvalue weighted by Crippen LogP contribution is 2.38. The second-order valence-electron chi connectivity index (χ2n) is 9.59. The second-order valence-corrected chi connectivity index (χ2v) is 9.59. The Bertz CT molecular complexity index is 1350. The lowest BCUT2D eigenvalue weighted by molar-refractivity contribution is -0.140. The van der Waals surface area contributed by atoms with Gasteiger partial charge in [-0.1, -0.05) is 66.7 Å². The van der Waals surface area contributed by atoms with E-state index in [1.165, 1.54) is 23.4 Å². The van der Waals surface area contributed by atoms with E-state index in [-0.39, 0.29) is 18.1 Å². The lowest BCUT2D eigenvalue weighted by Crippen LogP contribution is -2.39. The summed E-state index contributed by atoms with van der Waals surface area (Å²) in [5.41, 5.74) is 4.65. The molecule has 37 heavy (non-hydrogen) atoms. The van der Waals surface area contributed by atoms with Crippen molar-refractivity contribution >= 4 is 28.1 Å². The van der Waals surface area contributed by atoms with Gasteiger partial charge in [0.2, 0.25) is 0 Å². The summed E-state index contributed by atoms with van der Waals surface area (Å²) in [6, 6.07) is 32.0. The first-order valence-electron chi connectivity index (χ1n) is 13.0. The molecule has 4 aromatic carbocycles. The Kier molecular flexibility index (Phi) is 7.71. The third kappa shape index (κ3) is 5.78. The fourth-order valence-electron chi connectivity index (χ4n) is 5.08. The number of methoxy groups -OCH3 is 1. The lowest BCUT2D eigenvalue weighted by atomic mass is 9.99. The maximum Gasteiger partial charge on any atom is 0.305 e. The van der Waals surface area contributed by atoms with Gasteiger partial charge in [0.1, 0.15) is 11.9 Å². The van der Waals surface area contributed by atoms with Crippen LogP contribution < -0.4 is 15.0 Å². The van der Waals surface area contributed by atoms with Crippen molar-refractivity contribution in [1.29, 1.82) is 0 Å². The van der Waals surface area contributed by atoms with Crippen molar-refractivity contribution in [3.8, 4) is 5.75 Å². The number of fused-ring (bicyclic) bond motifs is 2. The molecule has 0 saturated heterocycles. The van der Waals surface area contributed by atoms with Gasteiger partial charge in [0.05, 0.1) is 19.3 Å². The summed E-state index contributed by atoms with van der Waals surface area (Å²) in [7, 11) is 1.43. The minimum atomic E-state index is -0.183. The number of hydrogen-bond acceptors (Lipinski definition) is 5. The van der Waals surface area contributed by atoms with Crippen LogP contribution in [0.3, 0.4) is 0 Å². The number of hydrogen-bond donors (Lipinski definition) is 1. The Morgan fingerprint density at radius 3 is 2.59 bits per heavy atom. The molecule has 1 aliphatic rings. The first kappa shape index (κ1) is 24.8. The van der Waals surface area contributed by atoms with E-state index in [2.05, 4.69) is 89.9 Å². The van der Waals surface area contributed by atoms with Gasteiger partial charge in [-0.25, -0.2) is 0 Å². The Balaban J connectivity index is 1.24. The van der Waals surface area contributed by atoms with Gasteiger partial charge in [-0.15, -0.1) is 0 Å². The molecule has 5 rings (SSSR count). The fraction of sp³-hybridized carbons (Fsp3) is 0.281. The van der Waals surface area contributed by atoms with Gasteiger partial charge in [0.15, 0.2) is 0 Å². The molecule has 0 fully saturated rings. The average Bonchev–Trinajstić information content (AvgIpc) is 2.95. The van der Waals surface area contributed by atoms with E-state index in [0.717, 1.165) is 42.2 Å². The number of ether oxygens (including phenoxy) is 2. The number of nitrogens with one attached hydrogen (secondary N) is 1. The molecular weight excluding hydrogens is 460 g/mol. The number of rotatable bonds is 9. The zero-order valence-electron chi connectivity index (χ0n) is 21.5. The van der Waals surface area contributed by atoms with E-state index in [1.807, 2.05) is 18.2 Å². The number of para-hydroxylation sites is 2. The number of aryl methyl sites for hydroxylation is 1. The predicted molar refractivity (Wildman–Crippen MR) is 150 cm³/mol. The Morgan fingerprint density at radius 1 is 1.00 bits per heavy atom. The highest BCUT2D eigenvalue weighted by atomic mass is 16.5. The molecular formula is C32H34N2O3. The number of carbonyl (C=O) groups excluding carboxylic acids is 1. The van der Waals surface area contributed by atoms with Gasteiger partial charge in [-0.2, -0.15) is 0 Å². The number of nitrogens with zero attached hydrogens (tertiary/aromatic N) is 1. The van der Waals surface area contributed by atoms with Gasteiger partial charge in [-0.3, -0.25) is 4.79 Å². The molecule has 0 aliphatic carbocycles. The number of benzene rings is 4. The molecule has 0 spiro atoms. The van der Waals surface area contributed by atoms with Crippen molar-refractivity contribution in [1.82, 2.24) is 5.32 Å². The van der Waals surface area contributed by atoms with Crippen molar-refractivity contribution in [2.24, 2.45) is 0 Å². The van der Waals surface area contributed by atoms with Crippen LogP contribution in [0.4, 0.5) is 11.4 Å². The Labute approximate surface area is 219 Å². The van der Waals surface area contributed by atoms with Gasteiger partial charge >= 0.3 is 5.97 Å². The highest BCUT2D eigenvalue weighted by molar-refractivity contribution is 5.86. The second kappa shape index (κ2) is 11.5. The van der Waals surface area contributed by atoms with Gasteiger partial charge in [0, 0.05) is 18.2 Å². The van der Waals surface area contributed by atoms with Crippen LogP contribution in [-0.4, -0.2) is 32.3 Å². The maximum atomic E-state index is 11.5. The van der Waals surface area contributed by atoms with E-state index in [4.69, 9.17) is 9.47 Å². The monoisotopic (exact) mass is 494 g/mol. The smallest absolute Gasteiger partial charge is 0.305 e. The minimum Gasteiger partial charge on any atom is -0.486 e. The fourth-order valence-corrected chi connectivity index (χ4v) is 5.08. The van der Waals surface area contributed by atoms with E-state index >= 15 is 0 Å². The van der Waals surface area contributed by atoms with E-state index in [1.54, 1.807) is 0 Å². The molecule has 1 heterocycles. The molecule has 4 aromatic rings. The van der Waals surface area contributed by atoms with Gasteiger partial charge < -0.3 is 19.7 Å². The Morgan fingerprint density at radius 2 is 1.76 bits per heavy atom. The predicted octanol–water partition coefficient (Wildman–Crippen LogP) is 6.59. The van der Waals surface area contributed by atoms with Crippen LogP contribution in [0.2, 0.25) is 0 Å². The van der Waals surface area contributed by atoms with Crippen LogP contribution in [0, 0.1) is 0 Å². The average molecular weight is 495 g/mol. The van der Waals surface area contributed by atoms with Crippen molar-refractivity contribution in [2.45, 2.75) is 38.3 Å². The molecule has 0 saturated carbocycles.